The summed E-state index contributed by atoms with van der Waals surface area (Å²) in [7, 11) is 1.51. The Hall–Kier alpha value is -1.82. The molecule has 0 bridgehead atoms. The molecule has 2 aromatic rings. The zero-order valence-electron chi connectivity index (χ0n) is 13.1. The van der Waals surface area contributed by atoms with Crippen molar-refractivity contribution in [2.24, 2.45) is 0 Å². The van der Waals surface area contributed by atoms with Crippen LogP contribution in [0.3, 0.4) is 0 Å². The van der Waals surface area contributed by atoms with Gasteiger partial charge in [-0.25, -0.2) is 4.79 Å². The smallest absolute Gasteiger partial charge is 0.349 e. The third kappa shape index (κ3) is 3.00. The lowest BCUT2D eigenvalue weighted by atomic mass is 10.0. The van der Waals surface area contributed by atoms with Crippen LogP contribution in [0.25, 0.3) is 11.0 Å². The molecule has 122 valence electrons. The van der Waals surface area contributed by atoms with E-state index in [0.717, 1.165) is 23.7 Å². The van der Waals surface area contributed by atoms with Gasteiger partial charge in [-0.1, -0.05) is 15.9 Å². The standard InChI is InChI=1S/C17H18BrNO4/c1-10-5-3-4-6-19(10)16(20)13-8-11-7-12(18)9-14(22-2)15(11)23-17(13)21/h7-10H,3-6H2,1-2H3/t10-/m1/s1. The van der Waals surface area contributed by atoms with Crippen LogP contribution in [0.5, 0.6) is 5.75 Å². The predicted octanol–water partition coefficient (Wildman–Crippen LogP) is 3.58. The molecule has 0 radical (unpaired) electrons. The van der Waals surface area contributed by atoms with Gasteiger partial charge in [-0.05, 0) is 44.4 Å². The Bertz CT molecular complexity index is 814. The number of halogens is 1. The summed E-state index contributed by atoms with van der Waals surface area (Å²) in [6.45, 7) is 2.69. The molecule has 1 aromatic carbocycles. The molecule has 0 spiro atoms. The monoisotopic (exact) mass is 379 g/mol. The van der Waals surface area contributed by atoms with Crippen LogP contribution in [-0.2, 0) is 0 Å². The van der Waals surface area contributed by atoms with Gasteiger partial charge in [0.2, 0.25) is 0 Å². The van der Waals surface area contributed by atoms with E-state index in [2.05, 4.69) is 15.9 Å². The molecule has 2 heterocycles. The Morgan fingerprint density at radius 2 is 2.13 bits per heavy atom. The fourth-order valence-electron chi connectivity index (χ4n) is 3.02. The lowest BCUT2D eigenvalue weighted by Gasteiger charge is -2.33. The number of fused-ring (bicyclic) bond motifs is 1. The summed E-state index contributed by atoms with van der Waals surface area (Å²) in [5.74, 6) is 0.198. The van der Waals surface area contributed by atoms with Crippen LogP contribution >= 0.6 is 15.9 Å². The number of carbonyl (C=O) groups excluding carboxylic acids is 1. The number of rotatable bonds is 2. The SMILES string of the molecule is COc1cc(Br)cc2cc(C(=O)N3CCCC[C@H]3C)c(=O)oc12. The lowest BCUT2D eigenvalue weighted by molar-refractivity contribution is 0.0631. The summed E-state index contributed by atoms with van der Waals surface area (Å²) in [5.41, 5.74) is -0.198. The van der Waals surface area contributed by atoms with Crippen molar-refractivity contribution in [3.63, 3.8) is 0 Å². The van der Waals surface area contributed by atoms with Crippen molar-refractivity contribution in [1.29, 1.82) is 0 Å². The number of ether oxygens (including phenoxy) is 1. The molecule has 1 aliphatic heterocycles. The van der Waals surface area contributed by atoms with Gasteiger partial charge in [0.15, 0.2) is 11.3 Å². The first-order valence-corrected chi connectivity index (χ1v) is 8.43. The Morgan fingerprint density at radius 1 is 1.35 bits per heavy atom. The summed E-state index contributed by atoms with van der Waals surface area (Å²) >= 11 is 3.40. The third-order valence-electron chi connectivity index (χ3n) is 4.28. The minimum absolute atomic E-state index is 0.0754. The molecule has 1 fully saturated rings. The van der Waals surface area contributed by atoms with Crippen molar-refractivity contribution in [2.45, 2.75) is 32.2 Å². The van der Waals surface area contributed by atoms with Crippen molar-refractivity contribution in [2.75, 3.05) is 13.7 Å². The van der Waals surface area contributed by atoms with Gasteiger partial charge < -0.3 is 14.1 Å². The number of carbonyl (C=O) groups is 1. The number of nitrogens with zero attached hydrogens (tertiary/aromatic N) is 1. The van der Waals surface area contributed by atoms with E-state index in [9.17, 15) is 9.59 Å². The average Bonchev–Trinajstić information content (AvgIpc) is 2.54. The quantitative estimate of drug-likeness (QED) is 0.748. The molecule has 0 N–H and O–H groups in total. The summed E-state index contributed by atoms with van der Waals surface area (Å²) < 4.78 is 11.4. The molecule has 1 atom stereocenters. The number of methoxy groups -OCH3 is 1. The van der Waals surface area contributed by atoms with Crippen molar-refractivity contribution in [1.82, 2.24) is 4.90 Å². The first-order chi connectivity index (χ1) is 11.0. The maximum Gasteiger partial charge on any atom is 0.349 e. The molecule has 5 nitrogen and oxygen atoms in total. The van der Waals surface area contributed by atoms with E-state index in [4.69, 9.17) is 9.15 Å². The van der Waals surface area contributed by atoms with Crippen LogP contribution in [0.2, 0.25) is 0 Å². The molecule has 3 rings (SSSR count). The molecule has 1 aromatic heterocycles. The summed E-state index contributed by atoms with van der Waals surface area (Å²) in [6, 6.07) is 5.26. The van der Waals surface area contributed by atoms with Gasteiger partial charge in [-0.2, -0.15) is 0 Å². The normalized spacial score (nSPS) is 18.2. The second-order valence-electron chi connectivity index (χ2n) is 5.82. The maximum atomic E-state index is 12.7. The zero-order chi connectivity index (χ0) is 16.6. The van der Waals surface area contributed by atoms with Crippen molar-refractivity contribution in [3.05, 3.63) is 38.7 Å². The minimum atomic E-state index is -0.624. The van der Waals surface area contributed by atoms with Crippen LogP contribution in [0.1, 0.15) is 36.5 Å². The van der Waals surface area contributed by atoms with E-state index < -0.39 is 5.63 Å². The summed E-state index contributed by atoms with van der Waals surface area (Å²) in [5, 5.41) is 0.656. The van der Waals surface area contributed by atoms with Crippen LogP contribution in [-0.4, -0.2) is 30.5 Å². The van der Waals surface area contributed by atoms with Gasteiger partial charge >= 0.3 is 5.63 Å². The number of amides is 1. The number of benzene rings is 1. The minimum Gasteiger partial charge on any atom is -0.493 e. The Balaban J connectivity index is 2.09. The number of hydrogen-bond acceptors (Lipinski definition) is 4. The van der Waals surface area contributed by atoms with Crippen molar-refractivity contribution >= 4 is 32.8 Å². The second-order valence-corrected chi connectivity index (χ2v) is 6.73. The number of hydrogen-bond donors (Lipinski definition) is 0. The first-order valence-electron chi connectivity index (χ1n) is 7.63. The van der Waals surface area contributed by atoms with Crippen LogP contribution in [0.4, 0.5) is 0 Å². The van der Waals surface area contributed by atoms with Crippen LogP contribution in [0.15, 0.2) is 31.9 Å². The van der Waals surface area contributed by atoms with Crippen LogP contribution in [0, 0.1) is 0 Å². The molecular formula is C17H18BrNO4. The highest BCUT2D eigenvalue weighted by Crippen LogP contribution is 2.30. The van der Waals surface area contributed by atoms with E-state index in [1.165, 1.54) is 7.11 Å². The van der Waals surface area contributed by atoms with E-state index >= 15 is 0 Å². The molecule has 1 saturated heterocycles. The van der Waals surface area contributed by atoms with Gasteiger partial charge in [0.05, 0.1) is 7.11 Å². The number of piperidine rings is 1. The average molecular weight is 380 g/mol. The zero-order valence-corrected chi connectivity index (χ0v) is 14.7. The molecule has 23 heavy (non-hydrogen) atoms. The summed E-state index contributed by atoms with van der Waals surface area (Å²) in [4.78, 5) is 26.8. The molecular weight excluding hydrogens is 362 g/mol. The van der Waals surface area contributed by atoms with E-state index in [1.54, 1.807) is 23.1 Å². The Labute approximate surface area is 142 Å². The van der Waals surface area contributed by atoms with Gasteiger partial charge in [-0.15, -0.1) is 0 Å². The lowest BCUT2D eigenvalue weighted by Crippen LogP contribution is -2.43. The molecule has 1 aliphatic rings. The molecule has 1 amide bonds. The fourth-order valence-corrected chi connectivity index (χ4v) is 3.48. The van der Waals surface area contributed by atoms with E-state index in [1.807, 2.05) is 6.92 Å². The van der Waals surface area contributed by atoms with E-state index in [0.29, 0.717) is 23.3 Å². The maximum absolute atomic E-state index is 12.7. The van der Waals surface area contributed by atoms with Gasteiger partial charge in [0, 0.05) is 22.4 Å². The topological polar surface area (TPSA) is 59.8 Å². The van der Waals surface area contributed by atoms with Crippen molar-refractivity contribution in [3.8, 4) is 5.75 Å². The fraction of sp³-hybridized carbons (Fsp3) is 0.412. The van der Waals surface area contributed by atoms with E-state index in [-0.39, 0.29) is 17.5 Å². The molecule has 6 heteroatoms. The van der Waals surface area contributed by atoms with Gasteiger partial charge in [-0.3, -0.25) is 4.79 Å². The highest BCUT2D eigenvalue weighted by atomic mass is 79.9. The summed E-state index contributed by atoms with van der Waals surface area (Å²) in [6.07, 6.45) is 3.04. The molecule has 0 aliphatic carbocycles. The number of likely N-dealkylation sites (tertiary alicyclic amines) is 1. The molecule has 0 saturated carbocycles. The Kier molecular flexibility index (Phi) is 4.43. The highest BCUT2D eigenvalue weighted by molar-refractivity contribution is 9.10. The van der Waals surface area contributed by atoms with Crippen molar-refractivity contribution < 1.29 is 13.9 Å². The second kappa shape index (κ2) is 6.35. The highest BCUT2D eigenvalue weighted by Gasteiger charge is 2.27. The van der Waals surface area contributed by atoms with Gasteiger partial charge in [0.1, 0.15) is 5.56 Å². The van der Waals surface area contributed by atoms with Crippen LogP contribution < -0.4 is 10.4 Å². The van der Waals surface area contributed by atoms with Gasteiger partial charge in [0.25, 0.3) is 5.91 Å². The molecule has 0 unspecified atom stereocenters. The Morgan fingerprint density at radius 3 is 2.83 bits per heavy atom. The third-order valence-corrected chi connectivity index (χ3v) is 4.73. The first kappa shape index (κ1) is 16.1. The predicted molar refractivity (Wildman–Crippen MR) is 91.1 cm³/mol. The largest absolute Gasteiger partial charge is 0.493 e.